The first-order valence-electron chi connectivity index (χ1n) is 5.25. The monoisotopic (exact) mass is 280 g/mol. The quantitative estimate of drug-likeness (QED) is 0.762. The van der Waals surface area contributed by atoms with E-state index in [4.69, 9.17) is 0 Å². The van der Waals surface area contributed by atoms with E-state index >= 15 is 0 Å². The summed E-state index contributed by atoms with van der Waals surface area (Å²) in [5.74, 6) is -4.30. The van der Waals surface area contributed by atoms with Gasteiger partial charge in [-0.2, -0.15) is 9.37 Å². The van der Waals surface area contributed by atoms with Crippen molar-refractivity contribution in [2.45, 2.75) is 12.5 Å². The van der Waals surface area contributed by atoms with Gasteiger partial charge in [0.15, 0.2) is 27.3 Å². The van der Waals surface area contributed by atoms with E-state index in [1.54, 1.807) is 0 Å². The highest BCUT2D eigenvalue weighted by Crippen LogP contribution is 2.24. The molecule has 0 N–H and O–H groups in total. The Morgan fingerprint density at radius 1 is 1.33 bits per heavy atom. The number of hydrogen-bond acceptors (Lipinski definition) is 4. The lowest BCUT2D eigenvalue weighted by molar-refractivity contribution is 0.461. The molecule has 2 heterocycles. The van der Waals surface area contributed by atoms with Crippen LogP contribution in [-0.4, -0.2) is 38.0 Å². The molecule has 1 atom stereocenters. The Hall–Kier alpha value is -1.31. The van der Waals surface area contributed by atoms with Gasteiger partial charge >= 0.3 is 0 Å². The summed E-state index contributed by atoms with van der Waals surface area (Å²) in [5.41, 5.74) is 0. The number of halogens is 3. The molecule has 18 heavy (non-hydrogen) atoms. The Balaban J connectivity index is 2.30. The fourth-order valence-corrected chi connectivity index (χ4v) is 3.71. The van der Waals surface area contributed by atoms with Crippen LogP contribution in [0.3, 0.4) is 0 Å². The second-order valence-corrected chi connectivity index (χ2v) is 6.46. The maximum absolute atomic E-state index is 13.5. The Morgan fingerprint density at radius 2 is 2.00 bits per heavy atom. The van der Waals surface area contributed by atoms with E-state index in [0.29, 0.717) is 12.5 Å². The van der Waals surface area contributed by atoms with E-state index in [2.05, 4.69) is 4.98 Å². The first-order valence-corrected chi connectivity index (χ1v) is 7.07. The Kier molecular flexibility index (Phi) is 3.22. The van der Waals surface area contributed by atoms with Crippen LogP contribution in [0.1, 0.15) is 6.42 Å². The highest BCUT2D eigenvalue weighted by atomic mass is 32.2. The van der Waals surface area contributed by atoms with Gasteiger partial charge in [-0.1, -0.05) is 0 Å². The molecule has 0 amide bonds. The van der Waals surface area contributed by atoms with Crippen molar-refractivity contribution in [2.75, 3.05) is 23.5 Å². The molecule has 1 unspecified atom stereocenters. The van der Waals surface area contributed by atoms with Gasteiger partial charge in [-0.3, -0.25) is 0 Å². The number of anilines is 1. The lowest BCUT2D eigenvalue weighted by Gasteiger charge is -2.24. The molecule has 4 nitrogen and oxygen atoms in total. The Labute approximate surface area is 102 Å². The van der Waals surface area contributed by atoms with Crippen LogP contribution in [0.2, 0.25) is 0 Å². The third kappa shape index (κ3) is 2.43. The van der Waals surface area contributed by atoms with Crippen molar-refractivity contribution >= 4 is 15.7 Å². The van der Waals surface area contributed by atoms with Crippen molar-refractivity contribution in [1.29, 1.82) is 0 Å². The summed E-state index contributed by atoms with van der Waals surface area (Å²) in [6.07, 6.45) is 0.318. The molecule has 1 saturated heterocycles. The third-order valence-electron chi connectivity index (χ3n) is 2.96. The summed E-state index contributed by atoms with van der Waals surface area (Å²) >= 11 is 0. The highest BCUT2D eigenvalue weighted by molar-refractivity contribution is 7.91. The van der Waals surface area contributed by atoms with Gasteiger partial charge in [-0.05, 0) is 6.42 Å². The summed E-state index contributed by atoms with van der Waals surface area (Å²) in [4.78, 5) is 4.42. The zero-order valence-electron chi connectivity index (χ0n) is 9.53. The molecule has 2 rings (SSSR count). The summed E-state index contributed by atoms with van der Waals surface area (Å²) in [6.45, 7) is 0. The molecule has 1 fully saturated rings. The van der Waals surface area contributed by atoms with Crippen LogP contribution in [-0.2, 0) is 9.84 Å². The highest BCUT2D eigenvalue weighted by Gasteiger charge is 2.32. The smallest absolute Gasteiger partial charge is 0.251 e. The van der Waals surface area contributed by atoms with Gasteiger partial charge in [0.2, 0.25) is 0 Å². The maximum atomic E-state index is 13.5. The Bertz CT molecular complexity index is 577. The molecule has 0 aliphatic carbocycles. The van der Waals surface area contributed by atoms with Crippen molar-refractivity contribution in [2.24, 2.45) is 0 Å². The standard InChI is InChI=1S/C10H11F3N2O2S/c1-15(6-2-3-18(16,17)5-6)10-8(12)4-7(11)9(13)14-10/h4,6H,2-3,5H2,1H3. The molecule has 1 aliphatic heterocycles. The minimum absolute atomic E-state index is 0.00724. The van der Waals surface area contributed by atoms with Crippen LogP contribution < -0.4 is 4.90 Å². The molecule has 1 aromatic heterocycles. The molecular weight excluding hydrogens is 269 g/mol. The summed E-state index contributed by atoms with van der Waals surface area (Å²) in [6, 6.07) is -0.0701. The SMILES string of the molecule is CN(c1nc(F)c(F)cc1F)C1CCS(=O)(=O)C1. The fourth-order valence-electron chi connectivity index (χ4n) is 1.94. The first-order chi connectivity index (χ1) is 8.30. The second kappa shape index (κ2) is 4.42. The van der Waals surface area contributed by atoms with Crippen LogP contribution in [0, 0.1) is 17.6 Å². The van der Waals surface area contributed by atoms with Crippen LogP contribution >= 0.6 is 0 Å². The Morgan fingerprint density at radius 3 is 2.56 bits per heavy atom. The average molecular weight is 280 g/mol. The zero-order chi connectivity index (χ0) is 13.5. The predicted octanol–water partition coefficient (Wildman–Crippen LogP) is 1.12. The largest absolute Gasteiger partial charge is 0.353 e. The first kappa shape index (κ1) is 13.1. The average Bonchev–Trinajstić information content (AvgIpc) is 2.63. The summed E-state index contributed by atoms with van der Waals surface area (Å²) in [5, 5.41) is 0. The summed E-state index contributed by atoms with van der Waals surface area (Å²) in [7, 11) is -1.73. The van der Waals surface area contributed by atoms with Crippen molar-refractivity contribution in [3.8, 4) is 0 Å². The fraction of sp³-hybridized carbons (Fsp3) is 0.500. The molecule has 1 aliphatic rings. The van der Waals surface area contributed by atoms with Crippen molar-refractivity contribution < 1.29 is 21.6 Å². The van der Waals surface area contributed by atoms with Crippen LogP contribution in [0.15, 0.2) is 6.07 Å². The third-order valence-corrected chi connectivity index (χ3v) is 4.71. The van der Waals surface area contributed by atoms with Crippen molar-refractivity contribution in [1.82, 2.24) is 4.98 Å². The summed E-state index contributed by atoms with van der Waals surface area (Å²) < 4.78 is 61.8. The number of aromatic nitrogens is 1. The molecule has 0 radical (unpaired) electrons. The van der Waals surface area contributed by atoms with Gasteiger partial charge in [-0.25, -0.2) is 17.2 Å². The van der Waals surface area contributed by atoms with Gasteiger partial charge in [0, 0.05) is 19.2 Å². The number of nitrogens with zero attached hydrogens (tertiary/aromatic N) is 2. The van der Waals surface area contributed by atoms with E-state index in [0.717, 1.165) is 0 Å². The van der Waals surface area contributed by atoms with Crippen LogP contribution in [0.4, 0.5) is 19.0 Å². The molecule has 0 spiro atoms. The maximum Gasteiger partial charge on any atom is 0.251 e. The van der Waals surface area contributed by atoms with E-state index in [1.165, 1.54) is 11.9 Å². The lowest BCUT2D eigenvalue weighted by Crippen LogP contribution is -2.34. The number of sulfone groups is 1. The number of hydrogen-bond donors (Lipinski definition) is 0. The molecule has 100 valence electrons. The van der Waals surface area contributed by atoms with Gasteiger partial charge in [-0.15, -0.1) is 0 Å². The zero-order valence-corrected chi connectivity index (χ0v) is 10.3. The van der Waals surface area contributed by atoms with Gasteiger partial charge in [0.05, 0.1) is 11.5 Å². The molecule has 1 aromatic rings. The van der Waals surface area contributed by atoms with Crippen molar-refractivity contribution in [3.63, 3.8) is 0 Å². The molecule has 0 aromatic carbocycles. The van der Waals surface area contributed by atoms with E-state index in [1.807, 2.05) is 0 Å². The molecular formula is C10H11F3N2O2S. The number of rotatable bonds is 2. The topological polar surface area (TPSA) is 50.3 Å². The lowest BCUT2D eigenvalue weighted by atomic mass is 10.2. The minimum atomic E-state index is -3.14. The number of pyridine rings is 1. The minimum Gasteiger partial charge on any atom is -0.353 e. The molecule has 0 bridgehead atoms. The predicted molar refractivity (Wildman–Crippen MR) is 59.6 cm³/mol. The van der Waals surface area contributed by atoms with Gasteiger partial charge < -0.3 is 4.90 Å². The van der Waals surface area contributed by atoms with E-state index in [9.17, 15) is 21.6 Å². The van der Waals surface area contributed by atoms with Gasteiger partial charge in [0.1, 0.15) is 0 Å². The second-order valence-electron chi connectivity index (χ2n) is 4.23. The van der Waals surface area contributed by atoms with E-state index < -0.39 is 33.5 Å². The van der Waals surface area contributed by atoms with E-state index in [-0.39, 0.29) is 17.3 Å². The van der Waals surface area contributed by atoms with Crippen molar-refractivity contribution in [3.05, 3.63) is 23.6 Å². The van der Waals surface area contributed by atoms with Crippen LogP contribution in [0.25, 0.3) is 0 Å². The van der Waals surface area contributed by atoms with Gasteiger partial charge in [0.25, 0.3) is 5.95 Å². The molecule has 0 saturated carbocycles. The van der Waals surface area contributed by atoms with Crippen LogP contribution in [0.5, 0.6) is 0 Å². The molecule has 8 heteroatoms. The normalized spacial score (nSPS) is 22.1.